The molecule has 1 amide bonds. The lowest BCUT2D eigenvalue weighted by molar-refractivity contribution is -0.112. The number of hydrogen-bond acceptors (Lipinski definition) is 3. The summed E-state index contributed by atoms with van der Waals surface area (Å²) in [6, 6.07) is 14.5. The Morgan fingerprint density at radius 1 is 1.12 bits per heavy atom. The van der Waals surface area contributed by atoms with Gasteiger partial charge in [0, 0.05) is 18.9 Å². The van der Waals surface area contributed by atoms with Crippen LogP contribution in [-0.2, 0) is 11.3 Å². The average Bonchev–Trinajstić information content (AvgIpc) is 3.06. The molecule has 0 fully saturated rings. The van der Waals surface area contributed by atoms with E-state index >= 15 is 0 Å². The Balaban J connectivity index is 1.74. The van der Waals surface area contributed by atoms with Crippen molar-refractivity contribution in [3.63, 3.8) is 0 Å². The molecule has 25 heavy (non-hydrogen) atoms. The van der Waals surface area contributed by atoms with Crippen LogP contribution in [0.2, 0.25) is 5.02 Å². The van der Waals surface area contributed by atoms with E-state index in [0.29, 0.717) is 17.3 Å². The van der Waals surface area contributed by atoms with E-state index in [1.165, 1.54) is 11.8 Å². The van der Waals surface area contributed by atoms with Gasteiger partial charge in [0.1, 0.15) is 5.82 Å². The molecule has 1 aromatic carbocycles. The van der Waals surface area contributed by atoms with Crippen molar-refractivity contribution < 1.29 is 9.59 Å². The van der Waals surface area contributed by atoms with E-state index in [1.54, 1.807) is 35.0 Å². The quantitative estimate of drug-likeness (QED) is 0.561. The number of hydrogen-bond donors (Lipinski definition) is 1. The average molecular weight is 354 g/mol. The second-order valence-electron chi connectivity index (χ2n) is 5.65. The standard InChI is InChI=1S/C19H16ClN3O2/c1-13-4-6-14(7-5-13)12-23-10-2-3-16(23)18(24)19(25)22-17-9-8-15(20)11-21-17/h2-11H,12H2,1H3,(H,21,22,25). The van der Waals surface area contributed by atoms with Gasteiger partial charge in [-0.3, -0.25) is 9.59 Å². The van der Waals surface area contributed by atoms with Crippen molar-refractivity contribution in [1.82, 2.24) is 9.55 Å². The second-order valence-corrected chi connectivity index (χ2v) is 6.09. The summed E-state index contributed by atoms with van der Waals surface area (Å²) in [6.45, 7) is 2.53. The molecule has 0 atom stereocenters. The Labute approximate surface area is 150 Å². The van der Waals surface area contributed by atoms with Gasteiger partial charge in [0.15, 0.2) is 0 Å². The number of anilines is 1. The third kappa shape index (κ3) is 4.14. The fourth-order valence-corrected chi connectivity index (χ4v) is 2.50. The van der Waals surface area contributed by atoms with Crippen LogP contribution in [0.5, 0.6) is 0 Å². The summed E-state index contributed by atoms with van der Waals surface area (Å²) in [5.41, 5.74) is 2.55. The van der Waals surface area contributed by atoms with Gasteiger partial charge < -0.3 is 9.88 Å². The molecule has 0 bridgehead atoms. The number of aryl methyl sites for hydroxylation is 1. The van der Waals surface area contributed by atoms with Crippen LogP contribution in [0.25, 0.3) is 0 Å². The Hall–Kier alpha value is -2.92. The van der Waals surface area contributed by atoms with Gasteiger partial charge in [-0.25, -0.2) is 4.98 Å². The minimum Gasteiger partial charge on any atom is -0.340 e. The van der Waals surface area contributed by atoms with Crippen molar-refractivity contribution >= 4 is 29.1 Å². The number of Topliss-reactive ketones (excluding diaryl/α,β-unsaturated/α-hetero) is 1. The maximum Gasteiger partial charge on any atom is 0.299 e. The monoisotopic (exact) mass is 353 g/mol. The minimum atomic E-state index is -0.737. The number of amides is 1. The summed E-state index contributed by atoms with van der Waals surface area (Å²) in [7, 11) is 0. The second kappa shape index (κ2) is 7.32. The number of halogens is 1. The molecule has 3 rings (SSSR count). The largest absolute Gasteiger partial charge is 0.340 e. The fourth-order valence-electron chi connectivity index (χ4n) is 2.39. The number of aromatic nitrogens is 2. The highest BCUT2D eigenvalue weighted by molar-refractivity contribution is 6.46. The van der Waals surface area contributed by atoms with Crippen molar-refractivity contribution in [3.8, 4) is 0 Å². The fraction of sp³-hybridized carbons (Fsp3) is 0.105. The number of carbonyl (C=O) groups is 2. The van der Waals surface area contributed by atoms with Crippen LogP contribution in [-0.4, -0.2) is 21.2 Å². The van der Waals surface area contributed by atoms with Gasteiger partial charge in [0.2, 0.25) is 0 Å². The molecule has 0 saturated heterocycles. The van der Waals surface area contributed by atoms with E-state index in [-0.39, 0.29) is 5.82 Å². The molecule has 3 aromatic rings. The Morgan fingerprint density at radius 3 is 2.56 bits per heavy atom. The van der Waals surface area contributed by atoms with Gasteiger partial charge in [-0.1, -0.05) is 41.4 Å². The Kier molecular flexibility index (Phi) is 4.95. The summed E-state index contributed by atoms with van der Waals surface area (Å²) in [4.78, 5) is 28.6. The molecule has 0 radical (unpaired) electrons. The molecule has 0 aliphatic carbocycles. The molecule has 5 nitrogen and oxygen atoms in total. The predicted molar refractivity (Wildman–Crippen MR) is 96.9 cm³/mol. The first-order valence-corrected chi connectivity index (χ1v) is 8.08. The number of nitrogens with one attached hydrogen (secondary N) is 1. The maximum atomic E-state index is 12.5. The smallest absolute Gasteiger partial charge is 0.299 e. The SMILES string of the molecule is Cc1ccc(Cn2cccc2C(=O)C(=O)Nc2ccc(Cl)cn2)cc1. The normalized spacial score (nSPS) is 10.5. The summed E-state index contributed by atoms with van der Waals surface area (Å²) < 4.78 is 1.75. The molecule has 2 aromatic heterocycles. The lowest BCUT2D eigenvalue weighted by Gasteiger charge is -2.09. The van der Waals surface area contributed by atoms with E-state index in [1.807, 2.05) is 31.2 Å². The van der Waals surface area contributed by atoms with Crippen LogP contribution in [0, 0.1) is 6.92 Å². The molecular formula is C19H16ClN3O2. The molecule has 2 heterocycles. The zero-order valence-electron chi connectivity index (χ0n) is 13.6. The predicted octanol–water partition coefficient (Wildman–Crippen LogP) is 3.71. The zero-order valence-corrected chi connectivity index (χ0v) is 14.3. The zero-order chi connectivity index (χ0) is 17.8. The molecule has 0 unspecified atom stereocenters. The number of benzene rings is 1. The summed E-state index contributed by atoms with van der Waals surface area (Å²) in [5.74, 6) is -1.08. The van der Waals surface area contributed by atoms with E-state index in [4.69, 9.17) is 11.6 Å². The number of pyridine rings is 1. The minimum absolute atomic E-state index is 0.277. The molecule has 0 aliphatic heterocycles. The number of nitrogens with zero attached hydrogens (tertiary/aromatic N) is 2. The Morgan fingerprint density at radius 2 is 1.88 bits per heavy atom. The summed E-state index contributed by atoms with van der Waals surface area (Å²) in [6.07, 6.45) is 3.18. The van der Waals surface area contributed by atoms with Gasteiger partial charge in [0.05, 0.1) is 10.7 Å². The molecule has 126 valence electrons. The third-order valence-corrected chi connectivity index (χ3v) is 3.93. The molecule has 0 aliphatic rings. The summed E-state index contributed by atoms with van der Waals surface area (Å²) >= 11 is 5.75. The van der Waals surface area contributed by atoms with Gasteiger partial charge in [-0.15, -0.1) is 0 Å². The van der Waals surface area contributed by atoms with Crippen molar-refractivity contribution in [2.45, 2.75) is 13.5 Å². The van der Waals surface area contributed by atoms with Gasteiger partial charge >= 0.3 is 0 Å². The van der Waals surface area contributed by atoms with E-state index < -0.39 is 11.7 Å². The van der Waals surface area contributed by atoms with Crippen LogP contribution in [0.3, 0.4) is 0 Å². The molecular weight excluding hydrogens is 338 g/mol. The topological polar surface area (TPSA) is 64.0 Å². The first kappa shape index (κ1) is 16.9. The molecule has 0 saturated carbocycles. The first-order chi connectivity index (χ1) is 12.0. The van der Waals surface area contributed by atoms with Crippen LogP contribution < -0.4 is 5.32 Å². The first-order valence-electron chi connectivity index (χ1n) is 7.71. The third-order valence-electron chi connectivity index (χ3n) is 3.71. The van der Waals surface area contributed by atoms with Crippen molar-refractivity contribution in [2.75, 3.05) is 5.32 Å². The number of rotatable bonds is 5. The highest BCUT2D eigenvalue weighted by atomic mass is 35.5. The van der Waals surface area contributed by atoms with E-state index in [2.05, 4.69) is 10.3 Å². The van der Waals surface area contributed by atoms with E-state index in [9.17, 15) is 9.59 Å². The summed E-state index contributed by atoms with van der Waals surface area (Å²) in [5, 5.41) is 2.94. The highest BCUT2D eigenvalue weighted by Crippen LogP contribution is 2.12. The van der Waals surface area contributed by atoms with Crippen LogP contribution in [0.1, 0.15) is 21.6 Å². The van der Waals surface area contributed by atoms with Crippen LogP contribution >= 0.6 is 11.6 Å². The maximum absolute atomic E-state index is 12.5. The lowest BCUT2D eigenvalue weighted by Crippen LogP contribution is -2.25. The number of carbonyl (C=O) groups excluding carboxylic acids is 2. The van der Waals surface area contributed by atoms with Crippen LogP contribution in [0.4, 0.5) is 5.82 Å². The van der Waals surface area contributed by atoms with Gasteiger partial charge in [0.25, 0.3) is 11.7 Å². The van der Waals surface area contributed by atoms with Crippen LogP contribution in [0.15, 0.2) is 60.9 Å². The van der Waals surface area contributed by atoms with E-state index in [0.717, 1.165) is 5.56 Å². The Bertz CT molecular complexity index is 899. The van der Waals surface area contributed by atoms with Crippen molar-refractivity contribution in [1.29, 1.82) is 0 Å². The van der Waals surface area contributed by atoms with Crippen molar-refractivity contribution in [2.24, 2.45) is 0 Å². The van der Waals surface area contributed by atoms with Gasteiger partial charge in [-0.05, 0) is 36.8 Å². The lowest BCUT2D eigenvalue weighted by atomic mass is 10.1. The highest BCUT2D eigenvalue weighted by Gasteiger charge is 2.20. The molecule has 6 heteroatoms. The van der Waals surface area contributed by atoms with Crippen molar-refractivity contribution in [3.05, 3.63) is 82.8 Å². The number of ketones is 1. The molecule has 1 N–H and O–H groups in total. The molecule has 0 spiro atoms. The van der Waals surface area contributed by atoms with Gasteiger partial charge in [-0.2, -0.15) is 0 Å².